The van der Waals surface area contributed by atoms with Gasteiger partial charge < -0.3 is 10.2 Å². The summed E-state index contributed by atoms with van der Waals surface area (Å²) >= 11 is 0. The molecule has 1 rings (SSSR count). The molecule has 0 radical (unpaired) electrons. The van der Waals surface area contributed by atoms with Crippen LogP contribution in [0.3, 0.4) is 0 Å². The van der Waals surface area contributed by atoms with Crippen LogP contribution in [-0.2, 0) is 29.4 Å². The Bertz CT molecular complexity index is 595. The summed E-state index contributed by atoms with van der Waals surface area (Å²) < 4.78 is 48.6. The quantitative estimate of drug-likeness (QED) is 0.520. The highest BCUT2D eigenvalue weighted by Crippen LogP contribution is 2.19. The van der Waals surface area contributed by atoms with Crippen molar-refractivity contribution < 1.29 is 36.6 Å². The van der Waals surface area contributed by atoms with E-state index in [1.165, 1.54) is 0 Å². The molecule has 0 spiro atoms. The summed E-state index contributed by atoms with van der Waals surface area (Å²) in [6, 6.07) is -1.54. The van der Waals surface area contributed by atoms with E-state index >= 15 is 0 Å². The summed E-state index contributed by atoms with van der Waals surface area (Å²) in [5, 5.41) is 16.4. The number of nitrogens with one attached hydrogen (secondary N) is 1. The molecule has 0 amide bonds. The largest absolute Gasteiger partial charge is 0.481 e. The van der Waals surface area contributed by atoms with Gasteiger partial charge in [0.1, 0.15) is 15.9 Å². The number of carboxylic acid groups (broad SMARTS) is 2. The Kier molecular flexibility index (Phi) is 5.70. The van der Waals surface area contributed by atoms with Crippen molar-refractivity contribution in [2.24, 2.45) is 0 Å². The third-order valence-corrected chi connectivity index (χ3v) is 6.87. The lowest BCUT2D eigenvalue weighted by Gasteiger charge is -2.24. The van der Waals surface area contributed by atoms with E-state index in [1.807, 2.05) is 4.72 Å². The van der Waals surface area contributed by atoms with Crippen molar-refractivity contribution in [3.05, 3.63) is 0 Å². The predicted molar refractivity (Wildman–Crippen MR) is 72.0 cm³/mol. The molecule has 21 heavy (non-hydrogen) atoms. The first kappa shape index (κ1) is 17.9. The van der Waals surface area contributed by atoms with Gasteiger partial charge in [0.25, 0.3) is 0 Å². The Morgan fingerprint density at radius 2 is 1.71 bits per heavy atom. The van der Waals surface area contributed by atoms with Crippen molar-refractivity contribution >= 4 is 31.8 Å². The van der Waals surface area contributed by atoms with E-state index in [2.05, 4.69) is 0 Å². The molecule has 0 aromatic carbocycles. The van der Waals surface area contributed by atoms with E-state index in [9.17, 15) is 26.4 Å². The molecule has 1 heterocycles. The number of carboxylic acids is 2. The van der Waals surface area contributed by atoms with Crippen LogP contribution >= 0.6 is 0 Å². The molecule has 0 aromatic heterocycles. The highest BCUT2D eigenvalue weighted by molar-refractivity contribution is 7.92. The number of hydrogen-bond donors (Lipinski definition) is 3. The van der Waals surface area contributed by atoms with Crippen LogP contribution in [0, 0.1) is 0 Å². The molecule has 0 saturated carbocycles. The van der Waals surface area contributed by atoms with Gasteiger partial charge in [-0.05, 0) is 19.3 Å². The minimum Gasteiger partial charge on any atom is -0.481 e. The molecule has 0 bridgehead atoms. The van der Waals surface area contributed by atoms with Crippen molar-refractivity contribution in [3.63, 3.8) is 0 Å². The Morgan fingerprint density at radius 3 is 2.14 bits per heavy atom. The number of carbonyl (C=O) groups is 2. The fourth-order valence-corrected chi connectivity index (χ4v) is 5.43. The van der Waals surface area contributed by atoms with Crippen LogP contribution in [0.4, 0.5) is 0 Å². The SMILES string of the molecule is O=C(O)CC[C@H](NS(=O)(=O)C1CCS(=O)(=O)CC1)C(=O)O. The van der Waals surface area contributed by atoms with Crippen molar-refractivity contribution in [1.82, 2.24) is 4.72 Å². The molecule has 0 unspecified atom stereocenters. The third kappa shape index (κ3) is 5.59. The van der Waals surface area contributed by atoms with Gasteiger partial charge >= 0.3 is 11.9 Å². The van der Waals surface area contributed by atoms with Crippen LogP contribution in [-0.4, -0.2) is 61.8 Å². The molecule has 122 valence electrons. The summed E-state index contributed by atoms with van der Waals surface area (Å²) in [5.74, 6) is -3.22. The Balaban J connectivity index is 2.73. The molecule has 1 atom stereocenters. The second kappa shape index (κ2) is 6.71. The lowest BCUT2D eigenvalue weighted by Crippen LogP contribution is -2.47. The molecule has 1 saturated heterocycles. The van der Waals surface area contributed by atoms with Gasteiger partial charge in [0.05, 0.1) is 16.8 Å². The Morgan fingerprint density at radius 1 is 1.19 bits per heavy atom. The van der Waals surface area contributed by atoms with Gasteiger partial charge in [0.2, 0.25) is 10.0 Å². The van der Waals surface area contributed by atoms with E-state index in [1.54, 1.807) is 0 Å². The van der Waals surface area contributed by atoms with E-state index in [-0.39, 0.29) is 30.8 Å². The lowest BCUT2D eigenvalue weighted by atomic mass is 10.2. The predicted octanol–water partition coefficient (Wildman–Crippen LogP) is -1.20. The van der Waals surface area contributed by atoms with Gasteiger partial charge in [0.15, 0.2) is 0 Å². The average Bonchev–Trinajstić information content (AvgIpc) is 2.33. The zero-order valence-corrected chi connectivity index (χ0v) is 12.7. The first-order valence-electron chi connectivity index (χ1n) is 6.19. The highest BCUT2D eigenvalue weighted by atomic mass is 32.2. The lowest BCUT2D eigenvalue weighted by molar-refractivity contribution is -0.140. The average molecular weight is 343 g/mol. The second-order valence-electron chi connectivity index (χ2n) is 4.84. The fourth-order valence-electron chi connectivity index (χ4n) is 1.97. The summed E-state index contributed by atoms with van der Waals surface area (Å²) in [6.45, 7) is 0. The van der Waals surface area contributed by atoms with Gasteiger partial charge in [-0.25, -0.2) is 21.6 Å². The molecule has 3 N–H and O–H groups in total. The number of aliphatic carboxylic acids is 2. The summed E-state index contributed by atoms with van der Waals surface area (Å²) in [6.07, 6.45) is -1.06. The minimum absolute atomic E-state index is 0.0943. The molecular weight excluding hydrogens is 326 g/mol. The van der Waals surface area contributed by atoms with Gasteiger partial charge in [-0.1, -0.05) is 0 Å². The number of sulfone groups is 1. The summed E-state index contributed by atoms with van der Waals surface area (Å²) in [5.41, 5.74) is 0. The van der Waals surface area contributed by atoms with Crippen molar-refractivity contribution in [2.75, 3.05) is 11.5 Å². The smallest absolute Gasteiger partial charge is 0.321 e. The number of rotatable bonds is 7. The van der Waals surface area contributed by atoms with Crippen LogP contribution in [0.25, 0.3) is 0 Å². The molecule has 0 aliphatic carbocycles. The summed E-state index contributed by atoms with van der Waals surface area (Å²) in [7, 11) is -7.24. The first-order chi connectivity index (χ1) is 9.53. The maximum absolute atomic E-state index is 12.0. The van der Waals surface area contributed by atoms with Crippen LogP contribution in [0.1, 0.15) is 25.7 Å². The molecule has 1 fully saturated rings. The van der Waals surface area contributed by atoms with E-state index in [0.29, 0.717) is 0 Å². The second-order valence-corrected chi connectivity index (χ2v) is 9.13. The standard InChI is InChI=1S/C10H17NO8S2/c12-9(13)2-1-8(10(14)15)11-21(18,19)7-3-5-20(16,17)6-4-7/h7-8,11H,1-6H2,(H,12,13)(H,14,15)/t8-/m0/s1. The molecule has 9 nitrogen and oxygen atoms in total. The third-order valence-electron chi connectivity index (χ3n) is 3.19. The van der Waals surface area contributed by atoms with Gasteiger partial charge in [0, 0.05) is 6.42 Å². The first-order valence-corrected chi connectivity index (χ1v) is 9.56. The Hall–Kier alpha value is -1.20. The van der Waals surface area contributed by atoms with E-state index < -0.39 is 49.5 Å². The molecule has 11 heteroatoms. The van der Waals surface area contributed by atoms with Crippen LogP contribution < -0.4 is 4.72 Å². The van der Waals surface area contributed by atoms with Gasteiger partial charge in [-0.3, -0.25) is 9.59 Å². The Labute approximate surface area is 122 Å². The minimum atomic E-state index is -4.01. The van der Waals surface area contributed by atoms with Gasteiger partial charge in [-0.15, -0.1) is 0 Å². The highest BCUT2D eigenvalue weighted by Gasteiger charge is 2.35. The number of hydrogen-bond acceptors (Lipinski definition) is 6. The monoisotopic (exact) mass is 343 g/mol. The fraction of sp³-hybridized carbons (Fsp3) is 0.800. The van der Waals surface area contributed by atoms with Crippen LogP contribution in [0.15, 0.2) is 0 Å². The molecule has 0 aromatic rings. The zero-order valence-electron chi connectivity index (χ0n) is 11.1. The van der Waals surface area contributed by atoms with Crippen molar-refractivity contribution in [3.8, 4) is 0 Å². The molecule has 1 aliphatic rings. The van der Waals surface area contributed by atoms with Crippen molar-refractivity contribution in [2.45, 2.75) is 37.0 Å². The molecule has 1 aliphatic heterocycles. The maximum Gasteiger partial charge on any atom is 0.321 e. The molecular formula is C10H17NO8S2. The van der Waals surface area contributed by atoms with Crippen LogP contribution in [0.5, 0.6) is 0 Å². The topological polar surface area (TPSA) is 155 Å². The van der Waals surface area contributed by atoms with Gasteiger partial charge in [-0.2, -0.15) is 0 Å². The van der Waals surface area contributed by atoms with Crippen molar-refractivity contribution in [1.29, 1.82) is 0 Å². The van der Waals surface area contributed by atoms with E-state index in [0.717, 1.165) is 0 Å². The maximum atomic E-state index is 12.0. The summed E-state index contributed by atoms with van der Waals surface area (Å²) in [4.78, 5) is 21.4. The van der Waals surface area contributed by atoms with E-state index in [4.69, 9.17) is 10.2 Å². The normalized spacial score (nSPS) is 20.8. The number of sulfonamides is 1. The van der Waals surface area contributed by atoms with Crippen LogP contribution in [0.2, 0.25) is 0 Å². The zero-order chi connectivity index (χ0) is 16.3.